The molecule has 0 spiro atoms. The predicted octanol–water partition coefficient (Wildman–Crippen LogP) is 3.57. The zero-order valence-corrected chi connectivity index (χ0v) is 13.3. The molecule has 4 heteroatoms. The Bertz CT molecular complexity index is 800. The molecule has 1 aromatic heterocycles. The zero-order chi connectivity index (χ0) is 16.8. The maximum Gasteiger partial charge on any atom is 0.271 e. The highest BCUT2D eigenvalue weighted by molar-refractivity contribution is 6.13. The van der Waals surface area contributed by atoms with Gasteiger partial charge in [-0.25, -0.2) is 5.43 Å². The molecular formula is C20H17N3O. The minimum atomic E-state index is -0.243. The Morgan fingerprint density at radius 2 is 1.58 bits per heavy atom. The van der Waals surface area contributed by atoms with Gasteiger partial charge < -0.3 is 0 Å². The normalized spacial score (nSPS) is 11.1. The van der Waals surface area contributed by atoms with E-state index in [9.17, 15) is 4.79 Å². The third kappa shape index (κ3) is 3.73. The SMILES string of the molecule is Cc1ccc(C(=O)N/N=C(\c2ccccc2)c2cccnc2)cc1. The number of rotatable bonds is 4. The number of hydrogen-bond donors (Lipinski definition) is 1. The molecule has 0 radical (unpaired) electrons. The van der Waals surface area contributed by atoms with E-state index in [1.54, 1.807) is 24.5 Å². The number of carbonyl (C=O) groups is 1. The van der Waals surface area contributed by atoms with Gasteiger partial charge in [-0.05, 0) is 31.2 Å². The second-order valence-corrected chi connectivity index (χ2v) is 5.38. The van der Waals surface area contributed by atoms with Crippen LogP contribution in [0, 0.1) is 6.92 Å². The number of nitrogens with one attached hydrogen (secondary N) is 1. The van der Waals surface area contributed by atoms with Crippen LogP contribution in [-0.2, 0) is 0 Å². The predicted molar refractivity (Wildman–Crippen MR) is 95.0 cm³/mol. The highest BCUT2D eigenvalue weighted by atomic mass is 16.2. The van der Waals surface area contributed by atoms with E-state index < -0.39 is 0 Å². The molecule has 1 amide bonds. The minimum Gasteiger partial charge on any atom is -0.267 e. The van der Waals surface area contributed by atoms with Crippen LogP contribution in [0.15, 0.2) is 84.2 Å². The zero-order valence-electron chi connectivity index (χ0n) is 13.3. The average Bonchev–Trinajstić information content (AvgIpc) is 2.64. The topological polar surface area (TPSA) is 54.4 Å². The van der Waals surface area contributed by atoms with Crippen LogP contribution in [0.3, 0.4) is 0 Å². The Morgan fingerprint density at radius 1 is 0.875 bits per heavy atom. The van der Waals surface area contributed by atoms with Crippen LogP contribution in [0.1, 0.15) is 27.0 Å². The van der Waals surface area contributed by atoms with E-state index in [-0.39, 0.29) is 5.91 Å². The van der Waals surface area contributed by atoms with E-state index in [0.29, 0.717) is 11.3 Å². The number of hydrogen-bond acceptors (Lipinski definition) is 3. The molecule has 118 valence electrons. The molecule has 4 nitrogen and oxygen atoms in total. The van der Waals surface area contributed by atoms with Crippen molar-refractivity contribution < 1.29 is 4.79 Å². The number of carbonyl (C=O) groups excluding carboxylic acids is 1. The molecule has 0 unspecified atom stereocenters. The first-order valence-corrected chi connectivity index (χ1v) is 7.64. The van der Waals surface area contributed by atoms with Gasteiger partial charge in [-0.2, -0.15) is 5.10 Å². The molecule has 1 N–H and O–H groups in total. The Morgan fingerprint density at radius 3 is 2.25 bits per heavy atom. The van der Waals surface area contributed by atoms with Crippen molar-refractivity contribution >= 4 is 11.6 Å². The number of nitrogens with zero attached hydrogens (tertiary/aromatic N) is 2. The van der Waals surface area contributed by atoms with Crippen LogP contribution in [0.2, 0.25) is 0 Å². The Kier molecular flexibility index (Phi) is 4.77. The van der Waals surface area contributed by atoms with E-state index in [1.165, 1.54) is 0 Å². The van der Waals surface area contributed by atoms with Crippen molar-refractivity contribution in [3.63, 3.8) is 0 Å². The number of benzene rings is 2. The van der Waals surface area contributed by atoms with Gasteiger partial charge in [-0.15, -0.1) is 0 Å². The molecule has 0 fully saturated rings. The first-order chi connectivity index (χ1) is 11.7. The van der Waals surface area contributed by atoms with Crippen LogP contribution in [0.4, 0.5) is 0 Å². The summed E-state index contributed by atoms with van der Waals surface area (Å²) in [6, 6.07) is 20.8. The maximum absolute atomic E-state index is 12.3. The van der Waals surface area contributed by atoms with Crippen molar-refractivity contribution in [1.82, 2.24) is 10.4 Å². The first kappa shape index (κ1) is 15.6. The molecule has 0 atom stereocenters. The van der Waals surface area contributed by atoms with Gasteiger partial charge in [0.05, 0.1) is 5.71 Å². The summed E-state index contributed by atoms with van der Waals surface area (Å²) in [6.07, 6.45) is 3.43. The lowest BCUT2D eigenvalue weighted by molar-refractivity contribution is 0.0955. The standard InChI is InChI=1S/C20H17N3O/c1-15-9-11-17(12-10-15)20(24)23-22-19(16-6-3-2-4-7-16)18-8-5-13-21-14-18/h2-14H,1H3,(H,23,24)/b22-19+. The van der Waals surface area contributed by atoms with E-state index >= 15 is 0 Å². The number of aryl methyl sites for hydroxylation is 1. The van der Waals surface area contributed by atoms with E-state index in [4.69, 9.17) is 0 Å². The summed E-state index contributed by atoms with van der Waals surface area (Å²) in [6.45, 7) is 1.98. The van der Waals surface area contributed by atoms with Crippen molar-refractivity contribution in [1.29, 1.82) is 0 Å². The maximum atomic E-state index is 12.3. The van der Waals surface area contributed by atoms with Gasteiger partial charge in [0.15, 0.2) is 0 Å². The Balaban J connectivity index is 1.90. The fourth-order valence-electron chi connectivity index (χ4n) is 2.27. The molecular weight excluding hydrogens is 298 g/mol. The lowest BCUT2D eigenvalue weighted by atomic mass is 10.0. The van der Waals surface area contributed by atoms with Crippen molar-refractivity contribution in [2.24, 2.45) is 5.10 Å². The molecule has 0 bridgehead atoms. The minimum absolute atomic E-state index is 0.243. The van der Waals surface area contributed by atoms with E-state index in [1.807, 2.05) is 61.5 Å². The fraction of sp³-hybridized carbons (Fsp3) is 0.0500. The van der Waals surface area contributed by atoms with E-state index in [0.717, 1.165) is 16.7 Å². The van der Waals surface area contributed by atoms with Crippen molar-refractivity contribution in [3.05, 3.63) is 101 Å². The largest absolute Gasteiger partial charge is 0.271 e. The molecule has 1 heterocycles. The molecule has 0 aliphatic heterocycles. The molecule has 0 saturated heterocycles. The Hall–Kier alpha value is -3.27. The molecule has 3 rings (SSSR count). The molecule has 2 aromatic carbocycles. The molecule has 0 aliphatic carbocycles. The first-order valence-electron chi connectivity index (χ1n) is 7.64. The molecule has 0 saturated carbocycles. The van der Waals surface area contributed by atoms with Crippen molar-refractivity contribution in [2.45, 2.75) is 6.92 Å². The molecule has 0 aliphatic rings. The summed E-state index contributed by atoms with van der Waals surface area (Å²) in [5, 5.41) is 4.34. The monoisotopic (exact) mass is 315 g/mol. The average molecular weight is 315 g/mol. The van der Waals surface area contributed by atoms with Crippen LogP contribution in [0.25, 0.3) is 0 Å². The van der Waals surface area contributed by atoms with Crippen LogP contribution < -0.4 is 5.43 Å². The van der Waals surface area contributed by atoms with Gasteiger partial charge in [0, 0.05) is 29.1 Å². The van der Waals surface area contributed by atoms with Gasteiger partial charge >= 0.3 is 0 Å². The van der Waals surface area contributed by atoms with Gasteiger partial charge in [0.2, 0.25) is 0 Å². The third-order valence-electron chi connectivity index (χ3n) is 3.57. The second kappa shape index (κ2) is 7.33. The van der Waals surface area contributed by atoms with Crippen LogP contribution in [-0.4, -0.2) is 16.6 Å². The smallest absolute Gasteiger partial charge is 0.267 e. The third-order valence-corrected chi connectivity index (χ3v) is 3.57. The number of pyridine rings is 1. The van der Waals surface area contributed by atoms with E-state index in [2.05, 4.69) is 15.5 Å². The summed E-state index contributed by atoms with van der Waals surface area (Å²) in [7, 11) is 0. The van der Waals surface area contributed by atoms with Gasteiger partial charge in [0.1, 0.15) is 0 Å². The molecule has 3 aromatic rings. The van der Waals surface area contributed by atoms with Crippen molar-refractivity contribution in [3.8, 4) is 0 Å². The lowest BCUT2D eigenvalue weighted by Crippen LogP contribution is -2.20. The molecule has 24 heavy (non-hydrogen) atoms. The second-order valence-electron chi connectivity index (χ2n) is 5.38. The fourth-order valence-corrected chi connectivity index (χ4v) is 2.27. The number of amides is 1. The van der Waals surface area contributed by atoms with Gasteiger partial charge in [-0.1, -0.05) is 48.0 Å². The Labute approximate surface area is 140 Å². The van der Waals surface area contributed by atoms with Gasteiger partial charge in [0.25, 0.3) is 5.91 Å². The summed E-state index contributed by atoms with van der Waals surface area (Å²) >= 11 is 0. The summed E-state index contributed by atoms with van der Waals surface area (Å²) in [5.74, 6) is -0.243. The highest BCUT2D eigenvalue weighted by Gasteiger charge is 2.09. The summed E-state index contributed by atoms with van der Waals surface area (Å²) < 4.78 is 0. The van der Waals surface area contributed by atoms with Crippen molar-refractivity contribution in [2.75, 3.05) is 0 Å². The highest BCUT2D eigenvalue weighted by Crippen LogP contribution is 2.10. The quantitative estimate of drug-likeness (QED) is 0.591. The summed E-state index contributed by atoms with van der Waals surface area (Å²) in [5.41, 5.74) is 6.74. The summed E-state index contributed by atoms with van der Waals surface area (Å²) in [4.78, 5) is 16.4. The van der Waals surface area contributed by atoms with Crippen LogP contribution in [0.5, 0.6) is 0 Å². The van der Waals surface area contributed by atoms with Gasteiger partial charge in [-0.3, -0.25) is 9.78 Å². The number of aromatic nitrogens is 1. The van der Waals surface area contributed by atoms with Crippen LogP contribution >= 0.6 is 0 Å². The lowest BCUT2D eigenvalue weighted by Gasteiger charge is -2.07. The number of hydrazone groups is 1.